The van der Waals surface area contributed by atoms with E-state index < -0.39 is 4.33 Å². The number of amides is 1. The van der Waals surface area contributed by atoms with Gasteiger partial charge in [0.15, 0.2) is 5.04 Å². The number of nitrogens with one attached hydrogen (secondary N) is 1. The van der Waals surface area contributed by atoms with E-state index in [1.165, 1.54) is 23.5 Å². The minimum Gasteiger partial charge on any atom is -0.309 e. The van der Waals surface area contributed by atoms with E-state index in [1.807, 2.05) is 84.9 Å². The molecule has 0 aliphatic carbocycles. The molecular formula is C24H17N3O2S2. The highest BCUT2D eigenvalue weighted by Gasteiger charge is 2.54. The number of hydrogen-bond acceptors (Lipinski definition) is 6. The predicted octanol–water partition coefficient (Wildman–Crippen LogP) is 4.95. The Morgan fingerprint density at radius 1 is 0.871 bits per heavy atom. The van der Waals surface area contributed by atoms with Crippen molar-refractivity contribution in [3.05, 3.63) is 107 Å². The lowest BCUT2D eigenvalue weighted by atomic mass is 10.1. The van der Waals surface area contributed by atoms with Crippen LogP contribution in [0.25, 0.3) is 6.08 Å². The highest BCUT2D eigenvalue weighted by Crippen LogP contribution is 2.53. The van der Waals surface area contributed by atoms with Crippen LogP contribution < -0.4 is 10.3 Å². The minimum absolute atomic E-state index is 0.168. The summed E-state index contributed by atoms with van der Waals surface area (Å²) in [5.74, 6) is -0.357. The molecule has 0 radical (unpaired) electrons. The molecule has 2 aliphatic heterocycles. The lowest BCUT2D eigenvalue weighted by Crippen LogP contribution is -2.47. The Morgan fingerprint density at radius 3 is 2.16 bits per heavy atom. The average molecular weight is 444 g/mol. The van der Waals surface area contributed by atoms with Crippen LogP contribution in [0.1, 0.15) is 15.9 Å². The molecule has 1 amide bonds. The van der Waals surface area contributed by atoms with Gasteiger partial charge in [-0.1, -0.05) is 90.6 Å². The van der Waals surface area contributed by atoms with E-state index in [2.05, 4.69) is 10.4 Å². The van der Waals surface area contributed by atoms with Gasteiger partial charge in [-0.15, -0.1) is 0 Å². The summed E-state index contributed by atoms with van der Waals surface area (Å²) in [6, 6.07) is 28.3. The molecular weight excluding hydrogens is 426 g/mol. The Morgan fingerprint density at radius 2 is 1.48 bits per heavy atom. The molecule has 5 nitrogen and oxygen atoms in total. The molecule has 2 heterocycles. The molecule has 1 N–H and O–H groups in total. The van der Waals surface area contributed by atoms with Gasteiger partial charge in [0, 0.05) is 5.56 Å². The van der Waals surface area contributed by atoms with Crippen LogP contribution in [0.15, 0.2) is 101 Å². The Bertz CT molecular complexity index is 1200. The summed E-state index contributed by atoms with van der Waals surface area (Å²) < 4.78 is -0.959. The van der Waals surface area contributed by atoms with Gasteiger partial charge in [0.2, 0.25) is 10.1 Å². The molecule has 31 heavy (non-hydrogen) atoms. The number of ketones is 1. The molecule has 1 atom stereocenters. The fourth-order valence-electron chi connectivity index (χ4n) is 3.32. The number of carbonyl (C=O) groups is 2. The molecule has 1 unspecified atom stereocenters. The molecule has 1 fully saturated rings. The zero-order chi connectivity index (χ0) is 21.3. The largest absolute Gasteiger partial charge is 0.309 e. The van der Waals surface area contributed by atoms with Crippen molar-refractivity contribution in [3.63, 3.8) is 0 Å². The minimum atomic E-state index is -0.959. The van der Waals surface area contributed by atoms with Crippen LogP contribution in [0.5, 0.6) is 0 Å². The van der Waals surface area contributed by atoms with E-state index in [9.17, 15) is 9.59 Å². The zero-order valence-electron chi connectivity index (χ0n) is 16.3. The zero-order valence-corrected chi connectivity index (χ0v) is 17.9. The third kappa shape index (κ3) is 3.78. The van der Waals surface area contributed by atoms with E-state index in [0.29, 0.717) is 15.5 Å². The fraction of sp³-hybridized carbons (Fsp3) is 0.0417. The molecule has 3 aromatic rings. The Balaban J connectivity index is 1.52. The van der Waals surface area contributed by atoms with E-state index in [1.54, 1.807) is 17.1 Å². The number of anilines is 1. The Labute approximate surface area is 188 Å². The van der Waals surface area contributed by atoms with Crippen molar-refractivity contribution in [2.24, 2.45) is 5.10 Å². The monoisotopic (exact) mass is 443 g/mol. The number of rotatable bonds is 4. The summed E-state index contributed by atoms with van der Waals surface area (Å²) in [4.78, 5) is 26.6. The van der Waals surface area contributed by atoms with Crippen LogP contribution in [-0.4, -0.2) is 21.1 Å². The van der Waals surface area contributed by atoms with Gasteiger partial charge >= 0.3 is 0 Å². The second-order valence-electron chi connectivity index (χ2n) is 6.91. The topological polar surface area (TPSA) is 61.8 Å². The van der Waals surface area contributed by atoms with Gasteiger partial charge in [0.1, 0.15) is 0 Å². The average Bonchev–Trinajstić information content (AvgIpc) is 3.34. The summed E-state index contributed by atoms with van der Waals surface area (Å²) >= 11 is 2.63. The number of Topliss-reactive ketones (excluding diaryl/α,β-unsaturated/α-hetero) is 1. The van der Waals surface area contributed by atoms with Gasteiger partial charge in [-0.05, 0) is 35.5 Å². The number of thioether (sulfide) groups is 2. The van der Waals surface area contributed by atoms with Gasteiger partial charge in [0.05, 0.1) is 10.6 Å². The molecule has 0 saturated carbocycles. The Kier molecular flexibility index (Phi) is 5.13. The number of hydrogen-bond donors (Lipinski definition) is 1. The standard InChI is InChI=1S/C24H17N3O2S2/c28-21(18-12-6-2-7-13-18)23-26-27(19-14-8-3-9-15-19)24(31-23)25-22(29)20(30-24)16-17-10-4-1-5-11-17/h1-16H,(H,25,29)/b20-16+. The molecule has 3 aromatic carbocycles. The van der Waals surface area contributed by atoms with E-state index in [0.717, 1.165) is 11.3 Å². The quantitative estimate of drug-likeness (QED) is 0.457. The lowest BCUT2D eigenvalue weighted by Gasteiger charge is -2.30. The number of carbonyl (C=O) groups excluding carboxylic acids is 2. The molecule has 1 saturated heterocycles. The maximum absolute atomic E-state index is 13.1. The van der Waals surface area contributed by atoms with Gasteiger partial charge in [-0.2, -0.15) is 5.10 Å². The highest BCUT2D eigenvalue weighted by molar-refractivity contribution is 8.29. The number of benzene rings is 3. The fourth-order valence-corrected chi connectivity index (χ4v) is 5.97. The summed E-state index contributed by atoms with van der Waals surface area (Å²) in [6.07, 6.45) is 1.86. The second-order valence-corrected chi connectivity index (χ2v) is 9.58. The van der Waals surface area contributed by atoms with Crippen molar-refractivity contribution in [1.29, 1.82) is 0 Å². The molecule has 0 bridgehead atoms. The smallest absolute Gasteiger partial charge is 0.261 e. The van der Waals surface area contributed by atoms with E-state index in [4.69, 9.17) is 0 Å². The van der Waals surface area contributed by atoms with Gasteiger partial charge in [0.25, 0.3) is 5.91 Å². The van der Waals surface area contributed by atoms with Crippen molar-refractivity contribution >= 4 is 52.0 Å². The first kappa shape index (κ1) is 19.7. The van der Waals surface area contributed by atoms with Crippen molar-refractivity contribution in [2.75, 3.05) is 5.01 Å². The SMILES string of the molecule is O=C1NC2(SC(C(=O)c3ccccc3)=NN2c2ccccc2)S/C1=C/c1ccccc1. The molecule has 2 aliphatic rings. The lowest BCUT2D eigenvalue weighted by molar-refractivity contribution is -0.116. The number of para-hydroxylation sites is 1. The maximum Gasteiger partial charge on any atom is 0.261 e. The number of hydrazone groups is 1. The van der Waals surface area contributed by atoms with Crippen LogP contribution in [0.2, 0.25) is 0 Å². The predicted molar refractivity (Wildman–Crippen MR) is 128 cm³/mol. The molecule has 1 spiro atoms. The molecule has 7 heteroatoms. The highest BCUT2D eigenvalue weighted by atomic mass is 32.2. The van der Waals surface area contributed by atoms with E-state index >= 15 is 0 Å². The normalized spacial score (nSPS) is 21.4. The van der Waals surface area contributed by atoms with Crippen LogP contribution in [0, 0.1) is 0 Å². The van der Waals surface area contributed by atoms with Crippen molar-refractivity contribution in [2.45, 2.75) is 4.33 Å². The van der Waals surface area contributed by atoms with E-state index in [-0.39, 0.29) is 11.7 Å². The van der Waals surface area contributed by atoms with Crippen molar-refractivity contribution < 1.29 is 9.59 Å². The van der Waals surface area contributed by atoms with Gasteiger partial charge in [-0.25, -0.2) is 5.01 Å². The summed E-state index contributed by atoms with van der Waals surface area (Å²) in [7, 11) is 0. The first-order chi connectivity index (χ1) is 15.1. The van der Waals surface area contributed by atoms with Crippen LogP contribution in [0.3, 0.4) is 0 Å². The summed E-state index contributed by atoms with van der Waals surface area (Å²) in [5, 5.41) is 9.77. The Hall–Kier alpha value is -3.29. The van der Waals surface area contributed by atoms with Gasteiger partial charge in [-0.3, -0.25) is 9.59 Å². The summed E-state index contributed by atoms with van der Waals surface area (Å²) in [6.45, 7) is 0. The second kappa shape index (κ2) is 8.09. The first-order valence-corrected chi connectivity index (χ1v) is 11.3. The first-order valence-electron chi connectivity index (χ1n) is 9.65. The van der Waals surface area contributed by atoms with Crippen LogP contribution in [-0.2, 0) is 4.79 Å². The molecule has 152 valence electrons. The van der Waals surface area contributed by atoms with Gasteiger partial charge < -0.3 is 5.32 Å². The molecule has 5 rings (SSSR count). The third-order valence-electron chi connectivity index (χ3n) is 4.78. The number of nitrogens with zero attached hydrogens (tertiary/aromatic N) is 2. The maximum atomic E-state index is 13.1. The van der Waals surface area contributed by atoms with Crippen LogP contribution in [0.4, 0.5) is 5.69 Å². The van der Waals surface area contributed by atoms with Crippen LogP contribution >= 0.6 is 23.5 Å². The van der Waals surface area contributed by atoms with Crippen molar-refractivity contribution in [3.8, 4) is 0 Å². The van der Waals surface area contributed by atoms with Crippen molar-refractivity contribution in [1.82, 2.24) is 5.32 Å². The molecule has 0 aromatic heterocycles. The summed E-state index contributed by atoms with van der Waals surface area (Å²) in [5.41, 5.74) is 2.29. The third-order valence-corrected chi connectivity index (χ3v) is 7.36.